The van der Waals surface area contributed by atoms with Gasteiger partial charge >= 0.3 is 0 Å². The maximum Gasteiger partial charge on any atom is 0.257 e. The molecule has 0 aromatic heterocycles. The first-order chi connectivity index (χ1) is 16.4. The van der Waals surface area contributed by atoms with Crippen LogP contribution in [-0.2, 0) is 4.79 Å². The molecule has 0 unspecified atom stereocenters. The van der Waals surface area contributed by atoms with E-state index in [0.29, 0.717) is 34.4 Å². The zero-order chi connectivity index (χ0) is 23.6. The van der Waals surface area contributed by atoms with E-state index in [4.69, 9.17) is 21.1 Å². The van der Waals surface area contributed by atoms with Crippen molar-refractivity contribution >= 4 is 29.1 Å². The monoisotopic (exact) mass is 474 g/mol. The molecule has 172 valence electrons. The number of methoxy groups -OCH3 is 1. The van der Waals surface area contributed by atoms with Crippen LogP contribution in [0.15, 0.2) is 66.7 Å². The summed E-state index contributed by atoms with van der Waals surface area (Å²) in [4.78, 5) is 29.9. The average molecular weight is 475 g/mol. The van der Waals surface area contributed by atoms with Gasteiger partial charge in [-0.3, -0.25) is 9.59 Å². The van der Waals surface area contributed by atoms with E-state index in [1.807, 2.05) is 55.5 Å². The molecule has 3 aromatic rings. The van der Waals surface area contributed by atoms with Gasteiger partial charge in [0, 0.05) is 22.4 Å². The maximum atomic E-state index is 14.2. The highest BCUT2D eigenvalue weighted by Gasteiger charge is 2.65. The van der Waals surface area contributed by atoms with Crippen LogP contribution in [0, 0.1) is 5.92 Å². The second-order valence-corrected chi connectivity index (χ2v) is 9.61. The molecule has 1 fully saturated rings. The van der Waals surface area contributed by atoms with Gasteiger partial charge in [0.05, 0.1) is 31.0 Å². The Hall–Kier alpha value is -3.51. The average Bonchev–Trinajstić information content (AvgIpc) is 3.10. The Balaban J connectivity index is 1.63. The molecule has 0 saturated carbocycles. The van der Waals surface area contributed by atoms with Crippen molar-refractivity contribution < 1.29 is 19.1 Å². The summed E-state index contributed by atoms with van der Waals surface area (Å²) in [5.41, 5.74) is 1.52. The highest BCUT2D eigenvalue weighted by molar-refractivity contribution is 6.31. The number of nitrogens with one attached hydrogen (secondary N) is 1. The predicted octanol–water partition coefficient (Wildman–Crippen LogP) is 5.05. The number of rotatable bonds is 2. The fraction of sp³-hybridized carbons (Fsp3) is 0.259. The van der Waals surface area contributed by atoms with Crippen LogP contribution < -0.4 is 14.8 Å². The third kappa shape index (κ3) is 2.81. The summed E-state index contributed by atoms with van der Waals surface area (Å²) in [6.45, 7) is 2.25. The molecule has 34 heavy (non-hydrogen) atoms. The molecule has 4 atom stereocenters. The number of anilines is 1. The number of hydrogen-bond donors (Lipinski definition) is 1. The standard InChI is InChI=1S/C27H23ClN2O4/c1-27-23(15-6-4-3-5-7-15)20-14-34-22-11-9-17(33-2)13-19(22)24(20)30(27)25(31)18-12-16(28)8-10-21(18)29-26(27)32/h3-13,20,23-24H,14H2,1-2H3,(H,29,32)/t20-,23+,24+,27-/m1/s1. The molecule has 6 nitrogen and oxygen atoms in total. The maximum absolute atomic E-state index is 14.2. The van der Waals surface area contributed by atoms with Gasteiger partial charge in [0.15, 0.2) is 0 Å². The van der Waals surface area contributed by atoms with Crippen molar-refractivity contribution in [2.24, 2.45) is 5.92 Å². The van der Waals surface area contributed by atoms with Crippen LogP contribution >= 0.6 is 11.6 Å². The Morgan fingerprint density at radius 2 is 1.88 bits per heavy atom. The van der Waals surface area contributed by atoms with Gasteiger partial charge in [-0.1, -0.05) is 41.9 Å². The van der Waals surface area contributed by atoms with Crippen molar-refractivity contribution in [3.8, 4) is 11.5 Å². The first-order valence-corrected chi connectivity index (χ1v) is 11.6. The van der Waals surface area contributed by atoms with Crippen LogP contribution in [0.1, 0.15) is 40.4 Å². The minimum atomic E-state index is -1.16. The van der Waals surface area contributed by atoms with Crippen LogP contribution in [0.25, 0.3) is 0 Å². The molecule has 7 heteroatoms. The Bertz CT molecular complexity index is 1330. The van der Waals surface area contributed by atoms with E-state index >= 15 is 0 Å². The van der Waals surface area contributed by atoms with Crippen molar-refractivity contribution in [3.05, 3.63) is 88.4 Å². The number of carbonyl (C=O) groups excluding carboxylic acids is 2. The molecule has 1 N–H and O–H groups in total. The molecule has 3 heterocycles. The zero-order valence-corrected chi connectivity index (χ0v) is 19.5. The van der Waals surface area contributed by atoms with Crippen LogP contribution in [-0.4, -0.2) is 36.0 Å². The number of carbonyl (C=O) groups is 2. The molecule has 0 aliphatic carbocycles. The lowest BCUT2D eigenvalue weighted by atomic mass is 9.73. The topological polar surface area (TPSA) is 67.9 Å². The number of benzene rings is 3. The highest BCUT2D eigenvalue weighted by Crippen LogP contribution is 2.60. The molecular weight excluding hydrogens is 452 g/mol. The van der Waals surface area contributed by atoms with Crippen molar-refractivity contribution in [1.29, 1.82) is 0 Å². The van der Waals surface area contributed by atoms with Crippen LogP contribution in [0.5, 0.6) is 11.5 Å². The van der Waals surface area contributed by atoms with Gasteiger partial charge in [-0.05, 0) is 48.9 Å². The van der Waals surface area contributed by atoms with Gasteiger partial charge in [-0.2, -0.15) is 0 Å². The number of hydrogen-bond acceptors (Lipinski definition) is 4. The summed E-state index contributed by atoms with van der Waals surface area (Å²) >= 11 is 6.27. The van der Waals surface area contributed by atoms with Crippen LogP contribution in [0.2, 0.25) is 5.02 Å². The Morgan fingerprint density at radius 3 is 2.65 bits per heavy atom. The minimum absolute atomic E-state index is 0.137. The molecule has 6 rings (SSSR count). The van der Waals surface area contributed by atoms with E-state index in [2.05, 4.69) is 5.32 Å². The van der Waals surface area contributed by atoms with Crippen molar-refractivity contribution in [2.45, 2.75) is 24.4 Å². The number of amides is 2. The number of halogens is 1. The first kappa shape index (κ1) is 21.1. The molecule has 3 aliphatic heterocycles. The number of ether oxygens (including phenoxy) is 2. The normalized spacial score (nSPS) is 26.9. The molecule has 0 spiro atoms. The first-order valence-electron chi connectivity index (χ1n) is 11.2. The number of fused-ring (bicyclic) bond motifs is 6. The van der Waals surface area contributed by atoms with E-state index in [-0.39, 0.29) is 29.7 Å². The van der Waals surface area contributed by atoms with E-state index in [0.717, 1.165) is 11.1 Å². The van der Waals surface area contributed by atoms with Gasteiger partial charge < -0.3 is 19.7 Å². The molecular formula is C27H23ClN2O4. The molecule has 1 saturated heterocycles. The zero-order valence-electron chi connectivity index (χ0n) is 18.7. The van der Waals surface area contributed by atoms with E-state index in [9.17, 15) is 9.59 Å². The summed E-state index contributed by atoms with van der Waals surface area (Å²) in [7, 11) is 1.61. The molecule has 0 bridgehead atoms. The fourth-order valence-electron chi connectivity index (χ4n) is 5.99. The predicted molar refractivity (Wildman–Crippen MR) is 129 cm³/mol. The summed E-state index contributed by atoms with van der Waals surface area (Å²) in [6, 6.07) is 20.1. The summed E-state index contributed by atoms with van der Waals surface area (Å²) < 4.78 is 11.7. The summed E-state index contributed by atoms with van der Waals surface area (Å²) in [5, 5.41) is 3.46. The van der Waals surface area contributed by atoms with Crippen molar-refractivity contribution in [2.75, 3.05) is 19.0 Å². The van der Waals surface area contributed by atoms with Crippen LogP contribution in [0.3, 0.4) is 0 Å². The van der Waals surface area contributed by atoms with E-state index in [1.54, 1.807) is 30.2 Å². The summed E-state index contributed by atoms with van der Waals surface area (Å²) in [5.74, 6) is 0.483. The Morgan fingerprint density at radius 1 is 1.09 bits per heavy atom. The fourth-order valence-corrected chi connectivity index (χ4v) is 6.16. The Labute approximate surface area is 202 Å². The molecule has 3 aliphatic rings. The van der Waals surface area contributed by atoms with E-state index < -0.39 is 5.54 Å². The van der Waals surface area contributed by atoms with Gasteiger partial charge in [-0.15, -0.1) is 0 Å². The van der Waals surface area contributed by atoms with Gasteiger partial charge in [-0.25, -0.2) is 0 Å². The van der Waals surface area contributed by atoms with E-state index in [1.165, 1.54) is 0 Å². The quantitative estimate of drug-likeness (QED) is 0.564. The van der Waals surface area contributed by atoms with Crippen molar-refractivity contribution in [3.63, 3.8) is 0 Å². The van der Waals surface area contributed by atoms with Crippen LogP contribution in [0.4, 0.5) is 5.69 Å². The van der Waals surface area contributed by atoms with Gasteiger partial charge in [0.1, 0.15) is 17.0 Å². The van der Waals surface area contributed by atoms with Gasteiger partial charge in [0.2, 0.25) is 0 Å². The lowest BCUT2D eigenvalue weighted by Crippen LogP contribution is -2.54. The lowest BCUT2D eigenvalue weighted by Gasteiger charge is -2.38. The third-order valence-electron chi connectivity index (χ3n) is 7.48. The summed E-state index contributed by atoms with van der Waals surface area (Å²) in [6.07, 6.45) is 0. The third-order valence-corrected chi connectivity index (χ3v) is 7.72. The largest absolute Gasteiger partial charge is 0.497 e. The SMILES string of the molecule is COc1ccc2c(c1)[C@H]1[C@H](CO2)[C@H](c2ccccc2)[C@]2(C)C(=O)Nc3ccc(Cl)cc3C(=O)N12. The number of nitrogens with zero attached hydrogens (tertiary/aromatic N) is 1. The molecule has 2 amide bonds. The minimum Gasteiger partial charge on any atom is -0.497 e. The van der Waals surface area contributed by atoms with Gasteiger partial charge in [0.25, 0.3) is 11.8 Å². The molecule has 0 radical (unpaired) electrons. The second-order valence-electron chi connectivity index (χ2n) is 9.18. The highest BCUT2D eigenvalue weighted by atomic mass is 35.5. The smallest absolute Gasteiger partial charge is 0.257 e. The second kappa shape index (κ2) is 7.50. The van der Waals surface area contributed by atoms with Crippen molar-refractivity contribution in [1.82, 2.24) is 4.90 Å². The molecule has 3 aromatic carbocycles. The Kier molecular flexibility index (Phi) is 4.64. The lowest BCUT2D eigenvalue weighted by molar-refractivity contribution is -0.125.